The number of fused-ring (bicyclic) bond motifs is 1. The predicted octanol–water partition coefficient (Wildman–Crippen LogP) is -5.28. The van der Waals surface area contributed by atoms with E-state index in [1.165, 1.54) is 43.5 Å². The zero-order valence-electron chi connectivity index (χ0n) is 27.5. The second-order valence-electron chi connectivity index (χ2n) is 9.75. The molecule has 256 valence electrons. The summed E-state index contributed by atoms with van der Waals surface area (Å²) < 4.78 is 110. The van der Waals surface area contributed by atoms with Gasteiger partial charge < -0.3 is 24.3 Å². The summed E-state index contributed by atoms with van der Waals surface area (Å²) in [6.07, 6.45) is 0. The van der Waals surface area contributed by atoms with E-state index in [0.29, 0.717) is 0 Å². The number of hydrogen-bond acceptors (Lipinski definition) is 17. The summed E-state index contributed by atoms with van der Waals surface area (Å²) in [5, 5.41) is 22.8. The monoisotopic (exact) mass is 817 g/mol. The average molecular weight is 818 g/mol. The van der Waals surface area contributed by atoms with Gasteiger partial charge in [0, 0.05) is 11.4 Å². The van der Waals surface area contributed by atoms with Crippen LogP contribution in [0.3, 0.4) is 0 Å². The maximum Gasteiger partial charge on any atom is 1.00 e. The fraction of sp³-hybridized carbons (Fsp3) is 0.0741. The Balaban J connectivity index is 0.00000312. The molecule has 25 heteroatoms. The Kier molecular flexibility index (Phi) is 16.4. The number of halogens is 1. The molecule has 0 saturated carbocycles. The summed E-state index contributed by atoms with van der Waals surface area (Å²) in [6, 6.07) is 15.7. The molecule has 18 nitrogen and oxygen atoms in total. The van der Waals surface area contributed by atoms with E-state index in [0.717, 1.165) is 23.1 Å². The molecule has 4 aromatic carbocycles. The zero-order valence-corrected chi connectivity index (χ0v) is 36.7. The quantitative estimate of drug-likeness (QED) is 0.0715. The van der Waals surface area contributed by atoms with E-state index in [9.17, 15) is 44.0 Å². The minimum atomic E-state index is -5.14. The molecule has 0 atom stereocenters. The molecule has 0 radical (unpaired) electrons. The van der Waals surface area contributed by atoms with Gasteiger partial charge in [-0.25, -0.2) is 16.8 Å². The van der Waals surface area contributed by atoms with Gasteiger partial charge in [0.25, 0.3) is 10.1 Å². The first kappa shape index (κ1) is 46.1. The summed E-state index contributed by atoms with van der Waals surface area (Å²) in [7, 11) is -13.9. The first-order valence-corrected chi connectivity index (χ1v) is 18.0. The van der Waals surface area contributed by atoms with Crippen molar-refractivity contribution in [1.82, 2.24) is 15.0 Å². The molecule has 1 aromatic heterocycles. The van der Waals surface area contributed by atoms with Gasteiger partial charge in [0.05, 0.1) is 17.7 Å². The van der Waals surface area contributed by atoms with Crippen LogP contribution in [0, 0.1) is 0 Å². The zero-order chi connectivity index (χ0) is 35.7. The van der Waals surface area contributed by atoms with Crippen LogP contribution in [-0.4, -0.2) is 66.9 Å². The van der Waals surface area contributed by atoms with Crippen LogP contribution in [0.1, 0.15) is 0 Å². The molecule has 5 aromatic rings. The molecule has 2 N–H and O–H groups in total. The fourth-order valence-electron chi connectivity index (χ4n) is 4.37. The third-order valence-electron chi connectivity index (χ3n) is 6.45. The molecule has 52 heavy (non-hydrogen) atoms. The van der Waals surface area contributed by atoms with Crippen molar-refractivity contribution in [2.45, 2.75) is 9.79 Å². The average Bonchev–Trinajstić information content (AvgIpc) is 3.02. The van der Waals surface area contributed by atoms with Crippen molar-refractivity contribution in [2.75, 3.05) is 23.2 Å². The van der Waals surface area contributed by atoms with E-state index in [1.807, 2.05) is 0 Å². The van der Waals surface area contributed by atoms with E-state index in [-0.39, 0.29) is 128 Å². The second-order valence-corrected chi connectivity index (χ2v) is 14.2. The first-order chi connectivity index (χ1) is 22.9. The van der Waals surface area contributed by atoms with E-state index >= 15 is 0 Å². The number of anilines is 4. The Hall–Kier alpha value is -2.03. The van der Waals surface area contributed by atoms with Crippen LogP contribution in [-0.2, 0) is 30.4 Å². The molecule has 0 aliphatic carbocycles. The van der Waals surface area contributed by atoms with Crippen molar-refractivity contribution in [2.24, 2.45) is 10.2 Å². The normalized spacial score (nSPS) is 11.6. The third-order valence-corrected chi connectivity index (χ3v) is 8.93. The Bertz CT molecular complexity index is 2470. The number of hydrogen-bond donors (Lipinski definition) is 2. The molecule has 0 unspecified atom stereocenters. The van der Waals surface area contributed by atoms with Crippen LogP contribution >= 0.6 is 11.6 Å². The van der Waals surface area contributed by atoms with Crippen LogP contribution in [0.5, 0.6) is 11.5 Å². The predicted molar refractivity (Wildman–Crippen MR) is 170 cm³/mol. The van der Waals surface area contributed by atoms with Crippen LogP contribution in [0.4, 0.5) is 34.6 Å². The van der Waals surface area contributed by atoms with Crippen molar-refractivity contribution < 1.29 is 137 Å². The molecular formula is C27H19ClN7Na3O11S3. The largest absolute Gasteiger partial charge is 1.00 e. The van der Waals surface area contributed by atoms with Gasteiger partial charge in [0.15, 0.2) is 0 Å². The number of aromatic nitrogens is 3. The molecule has 0 saturated heterocycles. The molecular weight excluding hydrogens is 799 g/mol. The topological polar surface area (TPSA) is 280 Å². The standard InChI is InChI=1S/C27H22ClN7O11S3.3Na/c1-46-18-8-10-20(21(13-18)48(40,41)42)33-34-23-22(49(43,44)45)12-15-11-16(7-9-19(15)24(23)36)29-26-30-25(28)31-27(32-26)35(14-47(37,38)39)17-5-3-2-4-6-17;;;/h2-13,36H,14H2,1H3,(H,37,38,39)(H,40,41,42)(H,43,44,45)(H,29,30,31,32);;;/q;3*+1/p-3. The fourth-order valence-corrected chi connectivity index (χ4v) is 6.39. The van der Waals surface area contributed by atoms with Crippen LogP contribution in [0.25, 0.3) is 10.8 Å². The molecule has 0 spiro atoms. The van der Waals surface area contributed by atoms with Gasteiger partial charge in [-0.15, -0.1) is 10.2 Å². The van der Waals surface area contributed by atoms with Gasteiger partial charge in [-0.1, -0.05) is 30.0 Å². The Morgan fingerprint density at radius 2 is 1.54 bits per heavy atom. The third kappa shape index (κ3) is 11.5. The summed E-state index contributed by atoms with van der Waals surface area (Å²) in [5.41, 5.74) is -1.04. The molecule has 5 rings (SSSR count). The van der Waals surface area contributed by atoms with Gasteiger partial charge in [-0.05, 0) is 70.9 Å². The van der Waals surface area contributed by atoms with Crippen LogP contribution in [0.15, 0.2) is 92.8 Å². The maximum atomic E-state index is 13.4. The summed E-state index contributed by atoms with van der Waals surface area (Å²) >= 11 is 6.08. The maximum absolute atomic E-state index is 13.4. The first-order valence-electron chi connectivity index (χ1n) is 13.2. The Morgan fingerprint density at radius 1 is 0.865 bits per heavy atom. The van der Waals surface area contributed by atoms with E-state index in [1.54, 1.807) is 18.2 Å². The van der Waals surface area contributed by atoms with Crippen molar-refractivity contribution >= 4 is 87.4 Å². The number of ether oxygens (including phenoxy) is 1. The van der Waals surface area contributed by atoms with Gasteiger partial charge in [0.2, 0.25) is 17.2 Å². The number of rotatable bonds is 11. The van der Waals surface area contributed by atoms with E-state index in [4.69, 9.17) is 16.3 Å². The molecule has 0 fully saturated rings. The van der Waals surface area contributed by atoms with Crippen LogP contribution < -0.4 is 109 Å². The van der Waals surface area contributed by atoms with Crippen molar-refractivity contribution in [3.05, 3.63) is 78.1 Å². The van der Waals surface area contributed by atoms with Gasteiger partial charge in [-0.3, -0.25) is 9.45 Å². The Morgan fingerprint density at radius 3 is 2.13 bits per heavy atom. The smallest absolute Gasteiger partial charge is 0.871 e. The van der Waals surface area contributed by atoms with Gasteiger partial charge in [-0.2, -0.15) is 23.4 Å². The molecule has 0 amide bonds. The summed E-state index contributed by atoms with van der Waals surface area (Å²) in [5.74, 6) is -2.66. The van der Waals surface area contributed by atoms with Crippen molar-refractivity contribution in [1.29, 1.82) is 0 Å². The van der Waals surface area contributed by atoms with E-state index in [2.05, 4.69) is 30.5 Å². The van der Waals surface area contributed by atoms with Crippen molar-refractivity contribution in [3.63, 3.8) is 0 Å². The summed E-state index contributed by atoms with van der Waals surface area (Å²) in [4.78, 5) is 11.1. The van der Waals surface area contributed by atoms with E-state index < -0.39 is 68.4 Å². The number of benzene rings is 4. The summed E-state index contributed by atoms with van der Waals surface area (Å²) in [6.45, 7) is 0. The second kappa shape index (κ2) is 18.5. The number of nitrogens with one attached hydrogen (secondary N) is 1. The van der Waals surface area contributed by atoms with Gasteiger partial charge >= 0.3 is 88.7 Å². The SMILES string of the molecule is COc1ccc(N=Nc2c(S(=O)(=O)O)cc3cc(Nc4nc(Cl)nc(N(CS(=O)(=O)[O-])c5ccccc5)n4)ccc3c2[O-])c(S(=O)(=O)[O-])c1.[Na+].[Na+].[Na+]. The molecule has 1 heterocycles. The number of nitrogens with zero attached hydrogens (tertiary/aromatic N) is 6. The van der Waals surface area contributed by atoms with Crippen molar-refractivity contribution in [3.8, 4) is 11.5 Å². The number of methoxy groups -OCH3 is 1. The molecule has 0 aliphatic rings. The van der Waals surface area contributed by atoms with Crippen LogP contribution in [0.2, 0.25) is 5.28 Å². The minimum absolute atomic E-state index is 0. The minimum Gasteiger partial charge on any atom is -0.871 e. The number of azo groups is 1. The van der Waals surface area contributed by atoms with Gasteiger partial charge in [0.1, 0.15) is 42.4 Å². The molecule has 0 aliphatic heterocycles. The Labute approximate surface area is 368 Å². The number of para-hydroxylation sites is 1. The molecule has 0 bridgehead atoms.